The molecule has 0 aliphatic carbocycles. The number of urea groups is 1. The second-order valence-corrected chi connectivity index (χ2v) is 2.92. The van der Waals surface area contributed by atoms with E-state index in [0.29, 0.717) is 5.92 Å². The number of rotatable bonds is 1. The van der Waals surface area contributed by atoms with E-state index in [0.717, 1.165) is 19.4 Å². The maximum absolute atomic E-state index is 10.4. The summed E-state index contributed by atoms with van der Waals surface area (Å²) in [6.07, 6.45) is 1.98. The van der Waals surface area contributed by atoms with Crippen LogP contribution in [0, 0.1) is 5.92 Å². The number of nitrogens with two attached hydrogens (primary N) is 1. The normalized spacial score (nSPS) is 31.4. The van der Waals surface area contributed by atoms with E-state index in [1.54, 1.807) is 0 Å². The quantitative estimate of drug-likeness (QED) is 0.581. The van der Waals surface area contributed by atoms with Gasteiger partial charge in [0.1, 0.15) is 6.23 Å². The molecule has 4 nitrogen and oxygen atoms in total. The molecule has 4 heteroatoms. The molecule has 1 rings (SSSR count). The highest BCUT2D eigenvalue weighted by Crippen LogP contribution is 2.17. The molecule has 1 fully saturated rings. The van der Waals surface area contributed by atoms with Crippen molar-refractivity contribution in [3.8, 4) is 0 Å². The molecule has 0 aromatic carbocycles. The van der Waals surface area contributed by atoms with Crippen molar-refractivity contribution in [3.05, 3.63) is 0 Å². The fraction of sp³-hybridized carbons (Fsp3) is 0.857. The topological polar surface area (TPSA) is 64.3 Å². The molecule has 2 atom stereocenters. The first-order valence-electron chi connectivity index (χ1n) is 3.87. The van der Waals surface area contributed by atoms with Crippen LogP contribution in [0.1, 0.15) is 19.8 Å². The Kier molecular flexibility index (Phi) is 2.70. The van der Waals surface area contributed by atoms with Crippen molar-refractivity contribution in [3.63, 3.8) is 0 Å². The first-order chi connectivity index (χ1) is 5.20. The molecule has 64 valence electrons. The van der Waals surface area contributed by atoms with E-state index < -0.39 is 6.03 Å². The summed E-state index contributed by atoms with van der Waals surface area (Å²) in [5, 5.41) is 2.55. The average Bonchev–Trinajstić information content (AvgIpc) is 1.93. The van der Waals surface area contributed by atoms with Crippen LogP contribution < -0.4 is 11.1 Å². The van der Waals surface area contributed by atoms with Gasteiger partial charge in [0.05, 0.1) is 0 Å². The Morgan fingerprint density at radius 3 is 3.00 bits per heavy atom. The Balaban J connectivity index is 2.35. The van der Waals surface area contributed by atoms with E-state index in [4.69, 9.17) is 10.5 Å². The number of primary amides is 1. The zero-order valence-corrected chi connectivity index (χ0v) is 6.67. The first-order valence-corrected chi connectivity index (χ1v) is 3.87. The molecule has 2 amide bonds. The van der Waals surface area contributed by atoms with Gasteiger partial charge in [0.2, 0.25) is 0 Å². The predicted molar refractivity (Wildman–Crippen MR) is 40.9 cm³/mol. The first kappa shape index (κ1) is 8.33. The molecule has 2 unspecified atom stereocenters. The lowest BCUT2D eigenvalue weighted by atomic mass is 10.0. The summed E-state index contributed by atoms with van der Waals surface area (Å²) < 4.78 is 5.29. The van der Waals surface area contributed by atoms with Gasteiger partial charge >= 0.3 is 6.03 Å². The molecule has 1 aliphatic heterocycles. The lowest BCUT2D eigenvalue weighted by molar-refractivity contribution is -0.0323. The third kappa shape index (κ3) is 2.38. The number of hydrogen-bond acceptors (Lipinski definition) is 2. The van der Waals surface area contributed by atoms with Gasteiger partial charge in [-0.1, -0.05) is 6.92 Å². The summed E-state index contributed by atoms with van der Waals surface area (Å²) >= 11 is 0. The highest BCUT2D eigenvalue weighted by molar-refractivity contribution is 5.71. The van der Waals surface area contributed by atoms with Crippen LogP contribution in [-0.4, -0.2) is 18.9 Å². The van der Waals surface area contributed by atoms with Crippen LogP contribution in [0.4, 0.5) is 4.79 Å². The number of carbonyl (C=O) groups is 1. The van der Waals surface area contributed by atoms with Crippen molar-refractivity contribution < 1.29 is 9.53 Å². The predicted octanol–water partition coefficient (Wildman–Crippen LogP) is 0.427. The molecule has 0 aromatic heterocycles. The minimum atomic E-state index is -0.510. The SMILES string of the molecule is CC1CCCOC1NC(N)=O. The summed E-state index contributed by atoms with van der Waals surface area (Å²) in [5.74, 6) is 0.372. The van der Waals surface area contributed by atoms with Crippen molar-refractivity contribution in [1.82, 2.24) is 5.32 Å². The smallest absolute Gasteiger partial charge is 0.314 e. The standard InChI is InChI=1S/C7H14N2O2/c1-5-3-2-4-11-6(5)9-7(8)10/h5-6H,2-4H2,1H3,(H3,8,9,10). The molecule has 0 spiro atoms. The van der Waals surface area contributed by atoms with Crippen LogP contribution in [-0.2, 0) is 4.74 Å². The summed E-state index contributed by atoms with van der Waals surface area (Å²) in [6.45, 7) is 2.76. The number of ether oxygens (including phenoxy) is 1. The molecule has 1 aliphatic rings. The summed E-state index contributed by atoms with van der Waals surface area (Å²) in [5.41, 5.74) is 4.96. The van der Waals surface area contributed by atoms with Gasteiger partial charge in [-0.2, -0.15) is 0 Å². The van der Waals surface area contributed by atoms with E-state index in [1.807, 2.05) is 6.92 Å². The molecule has 0 radical (unpaired) electrons. The van der Waals surface area contributed by atoms with Crippen LogP contribution in [0.15, 0.2) is 0 Å². The molecule has 0 saturated carbocycles. The van der Waals surface area contributed by atoms with E-state index in [9.17, 15) is 4.79 Å². The Bertz CT molecular complexity index is 149. The maximum atomic E-state index is 10.4. The second kappa shape index (κ2) is 3.57. The van der Waals surface area contributed by atoms with Gasteiger partial charge in [0, 0.05) is 12.5 Å². The fourth-order valence-electron chi connectivity index (χ4n) is 1.26. The Morgan fingerprint density at radius 2 is 2.45 bits per heavy atom. The minimum Gasteiger partial charge on any atom is -0.358 e. The number of carbonyl (C=O) groups excluding carboxylic acids is 1. The summed E-state index contributed by atoms with van der Waals surface area (Å²) in [4.78, 5) is 10.4. The molecule has 0 aromatic rings. The third-order valence-corrected chi connectivity index (χ3v) is 1.90. The minimum absolute atomic E-state index is 0.179. The van der Waals surface area contributed by atoms with Gasteiger partial charge < -0.3 is 15.8 Å². The number of nitrogens with one attached hydrogen (secondary N) is 1. The van der Waals surface area contributed by atoms with Crippen molar-refractivity contribution in [2.45, 2.75) is 26.0 Å². The van der Waals surface area contributed by atoms with E-state index in [2.05, 4.69) is 5.32 Å². The number of amides is 2. The van der Waals surface area contributed by atoms with Gasteiger partial charge in [-0.3, -0.25) is 0 Å². The molecule has 3 N–H and O–H groups in total. The zero-order chi connectivity index (χ0) is 8.27. The zero-order valence-electron chi connectivity index (χ0n) is 6.67. The Hall–Kier alpha value is -0.770. The van der Waals surface area contributed by atoms with Gasteiger partial charge in [-0.25, -0.2) is 4.79 Å². The molecule has 0 bridgehead atoms. The molecular formula is C7H14N2O2. The summed E-state index contributed by atoms with van der Waals surface area (Å²) in [6, 6.07) is -0.510. The molecule has 1 saturated heterocycles. The highest BCUT2D eigenvalue weighted by atomic mass is 16.5. The van der Waals surface area contributed by atoms with Gasteiger partial charge in [-0.15, -0.1) is 0 Å². The van der Waals surface area contributed by atoms with Crippen molar-refractivity contribution in [2.75, 3.05) is 6.61 Å². The fourth-order valence-corrected chi connectivity index (χ4v) is 1.26. The van der Waals surface area contributed by atoms with Gasteiger partial charge in [0.15, 0.2) is 0 Å². The lowest BCUT2D eigenvalue weighted by Gasteiger charge is -2.28. The van der Waals surface area contributed by atoms with Crippen molar-refractivity contribution >= 4 is 6.03 Å². The largest absolute Gasteiger partial charge is 0.358 e. The number of hydrogen-bond donors (Lipinski definition) is 2. The van der Waals surface area contributed by atoms with Crippen LogP contribution in [0.25, 0.3) is 0 Å². The van der Waals surface area contributed by atoms with Crippen LogP contribution >= 0.6 is 0 Å². The van der Waals surface area contributed by atoms with Crippen molar-refractivity contribution in [2.24, 2.45) is 11.7 Å². The van der Waals surface area contributed by atoms with Gasteiger partial charge in [0.25, 0.3) is 0 Å². The van der Waals surface area contributed by atoms with Crippen LogP contribution in [0.5, 0.6) is 0 Å². The van der Waals surface area contributed by atoms with Crippen LogP contribution in [0.3, 0.4) is 0 Å². The average molecular weight is 158 g/mol. The maximum Gasteiger partial charge on any atom is 0.314 e. The van der Waals surface area contributed by atoms with Crippen LogP contribution in [0.2, 0.25) is 0 Å². The second-order valence-electron chi connectivity index (χ2n) is 2.92. The third-order valence-electron chi connectivity index (χ3n) is 1.90. The van der Waals surface area contributed by atoms with E-state index in [-0.39, 0.29) is 6.23 Å². The highest BCUT2D eigenvalue weighted by Gasteiger charge is 2.22. The molecule has 11 heavy (non-hydrogen) atoms. The Morgan fingerprint density at radius 1 is 1.73 bits per heavy atom. The Labute approximate surface area is 66.1 Å². The summed E-state index contributed by atoms with van der Waals surface area (Å²) in [7, 11) is 0. The monoisotopic (exact) mass is 158 g/mol. The van der Waals surface area contributed by atoms with E-state index >= 15 is 0 Å². The molecule has 1 heterocycles. The van der Waals surface area contributed by atoms with Crippen molar-refractivity contribution in [1.29, 1.82) is 0 Å². The van der Waals surface area contributed by atoms with E-state index in [1.165, 1.54) is 0 Å². The van der Waals surface area contributed by atoms with Gasteiger partial charge in [-0.05, 0) is 12.8 Å². The molecular weight excluding hydrogens is 144 g/mol. The lowest BCUT2D eigenvalue weighted by Crippen LogP contribution is -2.46.